The fourth-order valence-electron chi connectivity index (χ4n) is 2.30. The van der Waals surface area contributed by atoms with Gasteiger partial charge in [0.15, 0.2) is 0 Å². The molecule has 3 heteroatoms. The van der Waals surface area contributed by atoms with Crippen molar-refractivity contribution in [3.05, 3.63) is 35.9 Å². The number of nitrogens with zero attached hydrogens (tertiary/aromatic N) is 1. The molecule has 0 amide bonds. The van der Waals surface area contributed by atoms with Crippen molar-refractivity contribution in [2.45, 2.75) is 25.3 Å². The number of methoxy groups -OCH3 is 1. The lowest BCUT2D eigenvalue weighted by Crippen LogP contribution is -2.53. The van der Waals surface area contributed by atoms with Gasteiger partial charge in [-0.15, -0.1) is 0 Å². The van der Waals surface area contributed by atoms with Crippen LogP contribution in [0.4, 0.5) is 0 Å². The van der Waals surface area contributed by atoms with Crippen LogP contribution in [0.1, 0.15) is 24.8 Å². The Bertz CT molecular complexity index is 377. The second-order valence-corrected chi connectivity index (χ2v) is 4.63. The Balaban J connectivity index is 1.92. The van der Waals surface area contributed by atoms with Crippen molar-refractivity contribution < 1.29 is 9.53 Å². The van der Waals surface area contributed by atoms with Crippen molar-refractivity contribution in [3.8, 4) is 0 Å². The highest BCUT2D eigenvalue weighted by Gasteiger charge is 2.35. The van der Waals surface area contributed by atoms with Gasteiger partial charge in [-0.05, 0) is 17.9 Å². The summed E-state index contributed by atoms with van der Waals surface area (Å²) in [5.74, 6) is 0.347. The second kappa shape index (κ2) is 5.32. The molecule has 2 atom stereocenters. The number of rotatable bonds is 4. The number of carbonyl (C=O) groups is 1. The van der Waals surface area contributed by atoms with E-state index in [4.69, 9.17) is 4.74 Å². The molecule has 0 spiro atoms. The fourth-order valence-corrected chi connectivity index (χ4v) is 2.30. The van der Waals surface area contributed by atoms with Crippen LogP contribution >= 0.6 is 0 Å². The van der Waals surface area contributed by atoms with Crippen LogP contribution in [0.3, 0.4) is 0 Å². The SMILES string of the molecule is COC(=O)C1CCN1CC(C)c1ccccc1. The lowest BCUT2D eigenvalue weighted by atomic mass is 9.96. The number of hydrogen-bond acceptors (Lipinski definition) is 3. The van der Waals surface area contributed by atoms with Crippen molar-refractivity contribution in [1.29, 1.82) is 0 Å². The molecule has 0 aliphatic carbocycles. The number of hydrogen-bond donors (Lipinski definition) is 0. The van der Waals surface area contributed by atoms with E-state index >= 15 is 0 Å². The molecule has 0 radical (unpaired) electrons. The standard InChI is InChI=1S/C14H19NO2/c1-11(12-6-4-3-5-7-12)10-15-9-8-13(15)14(16)17-2/h3-7,11,13H,8-10H2,1-2H3. The van der Waals surface area contributed by atoms with Gasteiger partial charge in [-0.3, -0.25) is 9.69 Å². The van der Waals surface area contributed by atoms with E-state index in [0.29, 0.717) is 5.92 Å². The molecule has 1 heterocycles. The zero-order valence-electron chi connectivity index (χ0n) is 10.4. The van der Waals surface area contributed by atoms with E-state index in [0.717, 1.165) is 19.5 Å². The monoisotopic (exact) mass is 233 g/mol. The van der Waals surface area contributed by atoms with Gasteiger partial charge in [0.25, 0.3) is 0 Å². The molecular formula is C14H19NO2. The van der Waals surface area contributed by atoms with E-state index in [1.807, 2.05) is 6.07 Å². The molecule has 1 saturated heterocycles. The van der Waals surface area contributed by atoms with E-state index in [2.05, 4.69) is 36.1 Å². The smallest absolute Gasteiger partial charge is 0.323 e. The Morgan fingerprint density at radius 3 is 2.71 bits per heavy atom. The fraction of sp³-hybridized carbons (Fsp3) is 0.500. The molecular weight excluding hydrogens is 214 g/mol. The lowest BCUT2D eigenvalue weighted by molar-refractivity contribution is -0.152. The third-order valence-electron chi connectivity index (χ3n) is 3.48. The number of ether oxygens (including phenoxy) is 1. The van der Waals surface area contributed by atoms with Crippen molar-refractivity contribution in [3.63, 3.8) is 0 Å². The summed E-state index contributed by atoms with van der Waals surface area (Å²) in [5.41, 5.74) is 1.32. The zero-order chi connectivity index (χ0) is 12.3. The van der Waals surface area contributed by atoms with Crippen LogP contribution in [0, 0.1) is 0 Å². The molecule has 1 aromatic carbocycles. The summed E-state index contributed by atoms with van der Waals surface area (Å²) < 4.78 is 4.79. The third-order valence-corrected chi connectivity index (χ3v) is 3.48. The predicted octanol–water partition coefficient (Wildman–Crippen LogP) is 2.04. The van der Waals surface area contributed by atoms with Crippen molar-refractivity contribution in [1.82, 2.24) is 4.90 Å². The van der Waals surface area contributed by atoms with Gasteiger partial charge in [0.1, 0.15) is 6.04 Å². The summed E-state index contributed by atoms with van der Waals surface area (Å²) in [4.78, 5) is 13.7. The van der Waals surface area contributed by atoms with Gasteiger partial charge in [0.05, 0.1) is 7.11 Å². The van der Waals surface area contributed by atoms with Gasteiger partial charge >= 0.3 is 5.97 Å². The van der Waals surface area contributed by atoms with Gasteiger partial charge in [-0.25, -0.2) is 0 Å². The minimum absolute atomic E-state index is 0.0221. The van der Waals surface area contributed by atoms with Crippen LogP contribution < -0.4 is 0 Å². The topological polar surface area (TPSA) is 29.5 Å². The molecule has 1 aromatic rings. The van der Waals surface area contributed by atoms with Crippen molar-refractivity contribution >= 4 is 5.97 Å². The maximum absolute atomic E-state index is 11.5. The maximum Gasteiger partial charge on any atom is 0.323 e. The Morgan fingerprint density at radius 1 is 1.47 bits per heavy atom. The number of benzene rings is 1. The highest BCUT2D eigenvalue weighted by Crippen LogP contribution is 2.24. The first-order chi connectivity index (χ1) is 8.22. The zero-order valence-corrected chi connectivity index (χ0v) is 10.4. The first-order valence-corrected chi connectivity index (χ1v) is 6.09. The predicted molar refractivity (Wildman–Crippen MR) is 66.9 cm³/mol. The van der Waals surface area contributed by atoms with Crippen LogP contribution in [0.15, 0.2) is 30.3 Å². The van der Waals surface area contributed by atoms with Crippen LogP contribution in [-0.2, 0) is 9.53 Å². The van der Waals surface area contributed by atoms with E-state index < -0.39 is 0 Å². The summed E-state index contributed by atoms with van der Waals surface area (Å²) in [5, 5.41) is 0. The molecule has 1 aliphatic rings. The summed E-state index contributed by atoms with van der Waals surface area (Å²) in [6.07, 6.45) is 0.925. The van der Waals surface area contributed by atoms with Crippen molar-refractivity contribution in [2.24, 2.45) is 0 Å². The minimum atomic E-state index is -0.100. The minimum Gasteiger partial charge on any atom is -0.468 e. The molecule has 2 unspecified atom stereocenters. The molecule has 92 valence electrons. The first kappa shape index (κ1) is 12.1. The van der Waals surface area contributed by atoms with E-state index in [9.17, 15) is 4.79 Å². The average molecular weight is 233 g/mol. The maximum atomic E-state index is 11.5. The summed E-state index contributed by atoms with van der Waals surface area (Å²) in [6.45, 7) is 4.11. The summed E-state index contributed by atoms with van der Waals surface area (Å²) in [6, 6.07) is 10.4. The molecule has 1 aliphatic heterocycles. The van der Waals surface area contributed by atoms with E-state index in [-0.39, 0.29) is 12.0 Å². The molecule has 0 N–H and O–H groups in total. The third kappa shape index (κ3) is 2.67. The van der Waals surface area contributed by atoms with Gasteiger partial charge in [0, 0.05) is 13.1 Å². The van der Waals surface area contributed by atoms with E-state index in [1.54, 1.807) is 0 Å². The van der Waals surface area contributed by atoms with Crippen LogP contribution in [0.5, 0.6) is 0 Å². The number of esters is 1. The van der Waals surface area contributed by atoms with Gasteiger partial charge in [-0.1, -0.05) is 37.3 Å². The molecule has 2 rings (SSSR count). The van der Waals surface area contributed by atoms with Gasteiger partial charge in [-0.2, -0.15) is 0 Å². The number of likely N-dealkylation sites (tertiary alicyclic amines) is 1. The molecule has 0 bridgehead atoms. The molecule has 0 aromatic heterocycles. The van der Waals surface area contributed by atoms with E-state index in [1.165, 1.54) is 12.7 Å². The van der Waals surface area contributed by atoms with Crippen LogP contribution in [0.2, 0.25) is 0 Å². The average Bonchev–Trinajstić information content (AvgIpc) is 2.35. The highest BCUT2D eigenvalue weighted by atomic mass is 16.5. The number of carbonyl (C=O) groups excluding carboxylic acids is 1. The van der Waals surface area contributed by atoms with Gasteiger partial charge < -0.3 is 4.74 Å². The lowest BCUT2D eigenvalue weighted by Gasteiger charge is -2.40. The van der Waals surface area contributed by atoms with Crippen molar-refractivity contribution in [2.75, 3.05) is 20.2 Å². The summed E-state index contributed by atoms with van der Waals surface area (Å²) in [7, 11) is 1.46. The Morgan fingerprint density at radius 2 is 2.18 bits per heavy atom. The Kier molecular flexibility index (Phi) is 3.79. The highest BCUT2D eigenvalue weighted by molar-refractivity contribution is 5.76. The second-order valence-electron chi connectivity index (χ2n) is 4.63. The largest absolute Gasteiger partial charge is 0.468 e. The Labute approximate surface area is 102 Å². The normalized spacial score (nSPS) is 21.6. The Hall–Kier alpha value is -1.35. The van der Waals surface area contributed by atoms with Crippen LogP contribution in [0.25, 0.3) is 0 Å². The van der Waals surface area contributed by atoms with Gasteiger partial charge in [0.2, 0.25) is 0 Å². The first-order valence-electron chi connectivity index (χ1n) is 6.09. The molecule has 17 heavy (non-hydrogen) atoms. The molecule has 3 nitrogen and oxygen atoms in total. The molecule has 0 saturated carbocycles. The quantitative estimate of drug-likeness (QED) is 0.745. The summed E-state index contributed by atoms with van der Waals surface area (Å²) >= 11 is 0. The van der Waals surface area contributed by atoms with Crippen LogP contribution in [-0.4, -0.2) is 37.1 Å². The molecule has 1 fully saturated rings.